The highest BCUT2D eigenvalue weighted by atomic mass is 35.5. The molecular formula is C20H14Cl2F7N5O4S. The van der Waals surface area contributed by atoms with Crippen molar-refractivity contribution < 1.29 is 48.1 Å². The van der Waals surface area contributed by atoms with E-state index in [0.29, 0.717) is 14.9 Å². The minimum atomic E-state index is -6.77. The van der Waals surface area contributed by atoms with E-state index in [1.165, 1.54) is 18.2 Å². The predicted octanol–water partition coefficient (Wildman–Crippen LogP) is 4.97. The molecular weight excluding hydrogens is 610 g/mol. The molecule has 2 heterocycles. The fourth-order valence-corrected chi connectivity index (χ4v) is 4.52. The summed E-state index contributed by atoms with van der Waals surface area (Å²) < 4.78 is 123. The number of nitrogens with zero attached hydrogens (tertiary/aromatic N) is 4. The van der Waals surface area contributed by atoms with Crippen molar-refractivity contribution in [2.24, 2.45) is 7.05 Å². The van der Waals surface area contributed by atoms with E-state index < -0.39 is 50.1 Å². The molecule has 1 aliphatic carbocycles. The number of nitrogens with one attached hydrogen (secondary N) is 1. The second-order valence-electron chi connectivity index (χ2n) is 8.29. The van der Waals surface area contributed by atoms with Gasteiger partial charge in [-0.3, -0.25) is 4.79 Å². The van der Waals surface area contributed by atoms with Crippen molar-refractivity contribution in [1.29, 1.82) is 0 Å². The Balaban J connectivity index is 1.75. The number of hydrogen-bond donors (Lipinski definition) is 1. The number of carbonyl (C=O) groups excluding carboxylic acids is 1. The van der Waals surface area contributed by atoms with Gasteiger partial charge in [0.15, 0.2) is 11.4 Å². The average Bonchev–Trinajstić information content (AvgIpc) is 3.35. The van der Waals surface area contributed by atoms with Gasteiger partial charge in [0.05, 0.1) is 16.8 Å². The first-order valence-electron chi connectivity index (χ1n) is 10.5. The van der Waals surface area contributed by atoms with Crippen molar-refractivity contribution >= 4 is 39.2 Å². The van der Waals surface area contributed by atoms with E-state index >= 15 is 0 Å². The molecule has 0 bridgehead atoms. The van der Waals surface area contributed by atoms with Gasteiger partial charge in [0.1, 0.15) is 0 Å². The van der Waals surface area contributed by atoms with Gasteiger partial charge < -0.3 is 9.50 Å². The molecule has 2 aromatic heterocycles. The Morgan fingerprint density at radius 2 is 1.77 bits per heavy atom. The van der Waals surface area contributed by atoms with Crippen LogP contribution in [0.3, 0.4) is 0 Å². The van der Waals surface area contributed by atoms with Crippen LogP contribution in [0, 0.1) is 0 Å². The molecule has 1 N–H and O–H groups in total. The molecule has 1 aliphatic rings. The third-order valence-corrected chi connectivity index (χ3v) is 7.30. The Bertz CT molecular complexity index is 1550. The lowest BCUT2D eigenvalue weighted by Crippen LogP contribution is -2.45. The summed E-state index contributed by atoms with van der Waals surface area (Å²) in [5, 5.41) is -2.06. The standard InChI is InChI=1S/C20H14Cl2F7N5O4S/c1-33-17(14(18(23,24)25)16(32-33)38-39(36,37)20(28,29)19(22,26)27)34-8-10(7-30-34)9-2-5-13(21)12(6-9)15(35)31-11-3-4-11/h2,5-8,11H,3-4H2,1H3,(H,31,35). The third-order valence-electron chi connectivity index (χ3n) is 5.36. The second-order valence-corrected chi connectivity index (χ2v) is 10.8. The number of rotatable bonds is 8. The predicted molar refractivity (Wildman–Crippen MR) is 122 cm³/mol. The van der Waals surface area contributed by atoms with E-state index in [2.05, 4.69) is 31.3 Å². The Morgan fingerprint density at radius 3 is 2.33 bits per heavy atom. The summed E-state index contributed by atoms with van der Waals surface area (Å²) in [7, 11) is -5.91. The van der Waals surface area contributed by atoms with Gasteiger partial charge in [-0.2, -0.15) is 44.2 Å². The van der Waals surface area contributed by atoms with Crippen molar-refractivity contribution in [3.05, 3.63) is 46.7 Å². The molecule has 0 atom stereocenters. The van der Waals surface area contributed by atoms with Crippen LogP contribution in [0.4, 0.5) is 30.7 Å². The number of alkyl halides is 8. The lowest BCUT2D eigenvalue weighted by atomic mass is 10.1. The summed E-state index contributed by atoms with van der Waals surface area (Å²) in [4.78, 5) is 12.5. The number of aromatic nitrogens is 4. The number of aryl methyl sites for hydroxylation is 1. The van der Waals surface area contributed by atoms with Crippen molar-refractivity contribution in [2.45, 2.75) is 35.7 Å². The van der Waals surface area contributed by atoms with Crippen LogP contribution in [-0.2, 0) is 23.3 Å². The van der Waals surface area contributed by atoms with Crippen molar-refractivity contribution in [1.82, 2.24) is 24.9 Å². The maximum atomic E-state index is 13.9. The molecule has 0 radical (unpaired) electrons. The monoisotopic (exact) mass is 623 g/mol. The van der Waals surface area contributed by atoms with Gasteiger partial charge in [-0.25, -0.2) is 9.36 Å². The summed E-state index contributed by atoms with van der Waals surface area (Å²) in [5.41, 5.74) is -1.48. The van der Waals surface area contributed by atoms with Gasteiger partial charge in [-0.15, -0.1) is 5.10 Å². The summed E-state index contributed by atoms with van der Waals surface area (Å²) in [6.07, 6.45) is -1.77. The molecule has 0 aliphatic heterocycles. The number of hydrogen-bond acceptors (Lipinski definition) is 6. The first kappa shape index (κ1) is 28.9. The third kappa shape index (κ3) is 5.51. The van der Waals surface area contributed by atoms with Crippen LogP contribution in [0.15, 0.2) is 30.6 Å². The average molecular weight is 624 g/mol. The molecule has 4 rings (SSSR count). The smallest absolute Gasteiger partial charge is 0.355 e. The van der Waals surface area contributed by atoms with E-state index in [-0.39, 0.29) is 22.2 Å². The first-order valence-corrected chi connectivity index (χ1v) is 12.7. The molecule has 0 spiro atoms. The number of carbonyl (C=O) groups is 1. The van der Waals surface area contributed by atoms with Crippen LogP contribution in [0.2, 0.25) is 5.02 Å². The van der Waals surface area contributed by atoms with Gasteiger partial charge in [-0.1, -0.05) is 17.7 Å². The molecule has 212 valence electrons. The highest BCUT2D eigenvalue weighted by Crippen LogP contribution is 2.45. The van der Waals surface area contributed by atoms with E-state index in [1.54, 1.807) is 0 Å². The fraction of sp³-hybridized carbons (Fsp3) is 0.350. The fourth-order valence-electron chi connectivity index (χ4n) is 3.32. The Hall–Kier alpha value is -3.05. The maximum Gasteiger partial charge on any atom is 0.458 e. The molecule has 1 amide bonds. The van der Waals surface area contributed by atoms with E-state index in [4.69, 9.17) is 11.6 Å². The summed E-state index contributed by atoms with van der Waals surface area (Å²) in [5.74, 6) is -3.45. The van der Waals surface area contributed by atoms with Crippen LogP contribution in [0.1, 0.15) is 28.8 Å². The quantitative estimate of drug-likeness (QED) is 0.216. The van der Waals surface area contributed by atoms with Crippen LogP contribution in [0.5, 0.6) is 5.88 Å². The number of benzene rings is 1. The molecule has 9 nitrogen and oxygen atoms in total. The van der Waals surface area contributed by atoms with Crippen LogP contribution >= 0.6 is 23.2 Å². The number of halogens is 9. The SMILES string of the molecule is Cn1nc(OS(=O)(=O)C(F)(F)C(F)(F)Cl)c(C(F)(F)F)c1-n1cc(-c2ccc(Cl)c(C(=O)NC3CC3)c2)cn1. The molecule has 19 heteroatoms. The van der Waals surface area contributed by atoms with Gasteiger partial charge in [0.2, 0.25) is 0 Å². The topological polar surface area (TPSA) is 108 Å². The van der Waals surface area contributed by atoms with Crippen LogP contribution in [-0.4, -0.2) is 50.6 Å². The Kier molecular flexibility index (Phi) is 7.09. The van der Waals surface area contributed by atoms with Crippen molar-refractivity contribution in [3.63, 3.8) is 0 Å². The maximum absolute atomic E-state index is 13.9. The molecule has 1 aromatic carbocycles. The summed E-state index contributed by atoms with van der Waals surface area (Å²) >= 11 is 10.2. The van der Waals surface area contributed by atoms with Gasteiger partial charge in [-0.05, 0) is 42.1 Å². The van der Waals surface area contributed by atoms with E-state index in [9.17, 15) is 43.9 Å². The van der Waals surface area contributed by atoms with E-state index in [1.807, 2.05) is 0 Å². The molecule has 0 unspecified atom stereocenters. The molecule has 0 saturated heterocycles. The van der Waals surface area contributed by atoms with E-state index in [0.717, 1.165) is 32.3 Å². The zero-order valence-electron chi connectivity index (χ0n) is 19.1. The lowest BCUT2D eigenvalue weighted by molar-refractivity contribution is -0.138. The lowest BCUT2D eigenvalue weighted by Gasteiger charge is -2.20. The molecule has 1 fully saturated rings. The van der Waals surface area contributed by atoms with Crippen molar-refractivity contribution in [2.75, 3.05) is 0 Å². The Morgan fingerprint density at radius 1 is 1.13 bits per heavy atom. The molecule has 1 saturated carbocycles. The Labute approximate surface area is 224 Å². The minimum Gasteiger partial charge on any atom is -0.355 e. The van der Waals surface area contributed by atoms with Gasteiger partial charge in [0.25, 0.3) is 11.8 Å². The highest BCUT2D eigenvalue weighted by molar-refractivity contribution is 7.88. The summed E-state index contributed by atoms with van der Waals surface area (Å²) in [6, 6.07) is 4.21. The largest absolute Gasteiger partial charge is 0.458 e. The first-order chi connectivity index (χ1) is 17.8. The zero-order chi connectivity index (χ0) is 29.1. The normalized spacial score (nSPS) is 14.9. The molecule has 3 aromatic rings. The van der Waals surface area contributed by atoms with Gasteiger partial charge in [0, 0.05) is 24.8 Å². The van der Waals surface area contributed by atoms with Gasteiger partial charge >= 0.3 is 26.9 Å². The highest BCUT2D eigenvalue weighted by Gasteiger charge is 2.67. The number of amides is 1. The second kappa shape index (κ2) is 9.55. The summed E-state index contributed by atoms with van der Waals surface area (Å²) in [6.45, 7) is 0. The zero-order valence-corrected chi connectivity index (χ0v) is 21.4. The van der Waals surface area contributed by atoms with Crippen LogP contribution < -0.4 is 9.50 Å². The van der Waals surface area contributed by atoms with Crippen LogP contribution in [0.25, 0.3) is 16.9 Å². The minimum absolute atomic E-state index is 0.0152. The van der Waals surface area contributed by atoms with Crippen molar-refractivity contribution in [3.8, 4) is 22.8 Å². The molecule has 39 heavy (non-hydrogen) atoms.